The predicted octanol–water partition coefficient (Wildman–Crippen LogP) is 3.86. The first-order valence-electron chi connectivity index (χ1n) is 11.1. The maximum atomic E-state index is 13.0. The Kier molecular flexibility index (Phi) is 6.61. The highest BCUT2D eigenvalue weighted by molar-refractivity contribution is 5.98. The van der Waals surface area contributed by atoms with Crippen molar-refractivity contribution >= 4 is 17.7 Å². The summed E-state index contributed by atoms with van der Waals surface area (Å²) >= 11 is 0. The minimum atomic E-state index is -1.10. The van der Waals surface area contributed by atoms with Crippen LogP contribution in [0, 0.1) is 5.92 Å². The van der Waals surface area contributed by atoms with Crippen molar-refractivity contribution in [1.29, 1.82) is 0 Å². The number of hydrogen-bond acceptors (Lipinski definition) is 6. The van der Waals surface area contributed by atoms with Gasteiger partial charge in [0.1, 0.15) is 17.7 Å². The van der Waals surface area contributed by atoms with E-state index >= 15 is 0 Å². The van der Waals surface area contributed by atoms with Gasteiger partial charge in [0.2, 0.25) is 0 Å². The molecular weight excluding hydrogens is 430 g/mol. The van der Waals surface area contributed by atoms with E-state index in [9.17, 15) is 14.4 Å². The molecule has 0 aromatic heterocycles. The average molecular weight is 458 g/mol. The second-order valence-corrected chi connectivity index (χ2v) is 8.35. The number of ether oxygens (including phenoxy) is 2. The third-order valence-electron chi connectivity index (χ3n) is 6.48. The zero-order valence-electron chi connectivity index (χ0n) is 19.4. The number of esters is 2. The number of hydrogen-bond donors (Lipinski definition) is 1. The number of fused-ring (bicyclic) bond motifs is 3. The van der Waals surface area contributed by atoms with Crippen LogP contribution >= 0.6 is 0 Å². The van der Waals surface area contributed by atoms with Gasteiger partial charge in [0.25, 0.3) is 0 Å². The molecule has 0 saturated heterocycles. The second kappa shape index (κ2) is 9.61. The Hall–Kier alpha value is -3.77. The summed E-state index contributed by atoms with van der Waals surface area (Å²) in [4.78, 5) is 37.7. The molecule has 3 aromatic rings. The van der Waals surface area contributed by atoms with Gasteiger partial charge >= 0.3 is 11.9 Å². The molecule has 6 nitrogen and oxygen atoms in total. The topological polar surface area (TPSA) is 81.7 Å². The van der Waals surface area contributed by atoms with Gasteiger partial charge in [-0.2, -0.15) is 0 Å². The highest BCUT2D eigenvalue weighted by Gasteiger charge is 2.47. The molecule has 34 heavy (non-hydrogen) atoms. The number of carbonyl (C=O) groups is 3. The number of Topliss-reactive ketones (excluding diaryl/α,β-unsaturated/α-hetero) is 1. The molecule has 0 bridgehead atoms. The number of benzene rings is 3. The molecule has 1 aliphatic carbocycles. The van der Waals surface area contributed by atoms with Crippen LogP contribution in [0.4, 0.5) is 0 Å². The van der Waals surface area contributed by atoms with Crippen LogP contribution in [0.1, 0.15) is 30.0 Å². The minimum absolute atomic E-state index is 0.0897. The number of nitrogens with one attached hydrogen (secondary N) is 1. The van der Waals surface area contributed by atoms with Crippen LogP contribution in [-0.2, 0) is 29.4 Å². The Morgan fingerprint density at radius 2 is 1.26 bits per heavy atom. The van der Waals surface area contributed by atoms with Gasteiger partial charge in [0.15, 0.2) is 0 Å². The van der Waals surface area contributed by atoms with Gasteiger partial charge < -0.3 is 9.47 Å². The van der Waals surface area contributed by atoms with E-state index in [4.69, 9.17) is 9.47 Å². The maximum Gasteiger partial charge on any atom is 0.322 e. The van der Waals surface area contributed by atoms with E-state index in [-0.39, 0.29) is 12.2 Å². The number of ketones is 1. The minimum Gasteiger partial charge on any atom is -0.468 e. The van der Waals surface area contributed by atoms with Gasteiger partial charge in [-0.05, 0) is 41.2 Å². The maximum absolute atomic E-state index is 13.0. The average Bonchev–Trinajstić information content (AvgIpc) is 3.16. The molecule has 3 aromatic carbocycles. The van der Waals surface area contributed by atoms with E-state index < -0.39 is 29.4 Å². The number of methoxy groups -OCH3 is 2. The van der Waals surface area contributed by atoms with Crippen LogP contribution in [0.3, 0.4) is 0 Å². The molecule has 0 radical (unpaired) electrons. The lowest BCUT2D eigenvalue weighted by molar-refractivity contribution is -0.151. The van der Waals surface area contributed by atoms with Crippen LogP contribution in [0.15, 0.2) is 78.9 Å². The van der Waals surface area contributed by atoms with Crippen molar-refractivity contribution in [3.63, 3.8) is 0 Å². The third kappa shape index (κ3) is 3.90. The van der Waals surface area contributed by atoms with Crippen molar-refractivity contribution in [2.24, 2.45) is 5.92 Å². The fourth-order valence-corrected chi connectivity index (χ4v) is 4.90. The Bertz CT molecular complexity index is 1170. The van der Waals surface area contributed by atoms with Crippen molar-refractivity contribution in [2.75, 3.05) is 14.2 Å². The molecule has 0 aliphatic heterocycles. The van der Waals surface area contributed by atoms with E-state index in [0.717, 1.165) is 27.8 Å². The van der Waals surface area contributed by atoms with Crippen LogP contribution in [0.2, 0.25) is 0 Å². The molecule has 0 fully saturated rings. The third-order valence-corrected chi connectivity index (χ3v) is 6.48. The van der Waals surface area contributed by atoms with E-state index in [2.05, 4.69) is 17.4 Å². The SMILES string of the molecule is COC(=O)C(CC(C(C)=O)C(=O)OC)NC1(c2ccccc2)c2ccccc2-c2ccccc21. The van der Waals surface area contributed by atoms with E-state index in [1.807, 2.05) is 66.7 Å². The quantitative estimate of drug-likeness (QED) is 0.409. The fraction of sp³-hybridized carbons (Fsp3) is 0.250. The molecule has 2 atom stereocenters. The Morgan fingerprint density at radius 3 is 1.76 bits per heavy atom. The predicted molar refractivity (Wildman–Crippen MR) is 128 cm³/mol. The Balaban J connectivity index is 1.92. The van der Waals surface area contributed by atoms with Crippen LogP contribution in [0.25, 0.3) is 11.1 Å². The molecule has 4 rings (SSSR count). The molecule has 0 amide bonds. The molecule has 1 N–H and O–H groups in total. The molecule has 1 aliphatic rings. The molecule has 2 unspecified atom stereocenters. The molecular formula is C28H27NO5. The Morgan fingerprint density at radius 1 is 0.765 bits per heavy atom. The summed E-state index contributed by atoms with van der Waals surface area (Å²) in [6, 6.07) is 24.9. The summed E-state index contributed by atoms with van der Waals surface area (Å²) in [6.07, 6.45) is -0.0897. The highest BCUT2D eigenvalue weighted by atomic mass is 16.5. The smallest absolute Gasteiger partial charge is 0.322 e. The molecule has 174 valence electrons. The van der Waals surface area contributed by atoms with E-state index in [1.165, 1.54) is 21.1 Å². The van der Waals surface area contributed by atoms with Gasteiger partial charge in [-0.1, -0.05) is 78.9 Å². The van der Waals surface area contributed by atoms with Crippen molar-refractivity contribution in [1.82, 2.24) is 5.32 Å². The largest absolute Gasteiger partial charge is 0.468 e. The molecule has 0 spiro atoms. The summed E-state index contributed by atoms with van der Waals surface area (Å²) in [6.45, 7) is 1.32. The molecule has 6 heteroatoms. The molecule has 0 heterocycles. The zero-order valence-corrected chi connectivity index (χ0v) is 19.4. The van der Waals surface area contributed by atoms with E-state index in [1.54, 1.807) is 0 Å². The summed E-state index contributed by atoms with van der Waals surface area (Å²) in [5.74, 6) is -2.71. The van der Waals surface area contributed by atoms with Gasteiger partial charge in [0, 0.05) is 0 Å². The van der Waals surface area contributed by atoms with Gasteiger partial charge in [-0.3, -0.25) is 19.7 Å². The summed E-state index contributed by atoms with van der Waals surface area (Å²) in [7, 11) is 2.53. The van der Waals surface area contributed by atoms with Crippen molar-refractivity contribution in [2.45, 2.75) is 24.9 Å². The number of carbonyl (C=O) groups excluding carboxylic acids is 3. The first kappa shape index (κ1) is 23.4. The lowest BCUT2D eigenvalue weighted by atomic mass is 9.79. The lowest BCUT2D eigenvalue weighted by Gasteiger charge is -2.37. The van der Waals surface area contributed by atoms with Gasteiger partial charge in [-0.25, -0.2) is 0 Å². The zero-order chi connectivity index (χ0) is 24.3. The fourth-order valence-electron chi connectivity index (χ4n) is 4.90. The van der Waals surface area contributed by atoms with Gasteiger partial charge in [-0.15, -0.1) is 0 Å². The normalized spacial score (nSPS) is 14.9. The number of rotatable bonds is 8. The lowest BCUT2D eigenvalue weighted by Crippen LogP contribution is -2.53. The highest BCUT2D eigenvalue weighted by Crippen LogP contribution is 2.51. The first-order chi connectivity index (χ1) is 16.4. The monoisotopic (exact) mass is 457 g/mol. The van der Waals surface area contributed by atoms with Crippen LogP contribution in [-0.4, -0.2) is 38.0 Å². The first-order valence-corrected chi connectivity index (χ1v) is 11.1. The van der Waals surface area contributed by atoms with Crippen molar-refractivity contribution < 1.29 is 23.9 Å². The van der Waals surface area contributed by atoms with Gasteiger partial charge in [0.05, 0.1) is 19.8 Å². The van der Waals surface area contributed by atoms with Crippen molar-refractivity contribution in [3.05, 3.63) is 95.6 Å². The Labute approximate surface area is 198 Å². The summed E-state index contributed by atoms with van der Waals surface area (Å²) in [5.41, 5.74) is 4.09. The summed E-state index contributed by atoms with van der Waals surface area (Å²) < 4.78 is 9.95. The summed E-state index contributed by atoms with van der Waals surface area (Å²) in [5, 5.41) is 3.54. The van der Waals surface area contributed by atoms with E-state index in [0.29, 0.717) is 0 Å². The van der Waals surface area contributed by atoms with Crippen LogP contribution < -0.4 is 5.32 Å². The van der Waals surface area contributed by atoms with Crippen molar-refractivity contribution in [3.8, 4) is 11.1 Å². The molecule has 0 saturated carbocycles. The van der Waals surface area contributed by atoms with Crippen LogP contribution in [0.5, 0.6) is 0 Å². The second-order valence-electron chi connectivity index (χ2n) is 8.35. The standard InChI is InChI=1S/C28H27NO5/c1-18(30)22(26(31)33-2)17-25(27(32)34-3)29-28(19-11-5-4-6-12-19)23-15-9-7-13-20(23)21-14-8-10-16-24(21)28/h4-16,22,25,29H,17H2,1-3H3.